The highest BCUT2D eigenvalue weighted by molar-refractivity contribution is 6.53. The molecule has 0 fully saturated rings. The number of aromatic hydroxyl groups is 6. The van der Waals surface area contributed by atoms with Gasteiger partial charge in [0.05, 0.1) is 0 Å². The smallest absolute Gasteiger partial charge is 0.204 e. The third kappa shape index (κ3) is 4.10. The fourth-order valence-corrected chi connectivity index (χ4v) is 7.58. The minimum Gasteiger partial charge on any atom is -0.508 e. The van der Waals surface area contributed by atoms with Crippen molar-refractivity contribution < 1.29 is 30.6 Å². The van der Waals surface area contributed by atoms with Crippen molar-refractivity contribution in [2.75, 3.05) is 0 Å². The predicted octanol–water partition coefficient (Wildman–Crippen LogP) is 7.12. The van der Waals surface area contributed by atoms with Gasteiger partial charge in [0.1, 0.15) is 27.2 Å². The van der Waals surface area contributed by atoms with Gasteiger partial charge in [-0.3, -0.25) is 0 Å². The topological polar surface area (TPSA) is 121 Å². The number of phenols is 6. The first-order valence-corrected chi connectivity index (χ1v) is 15.7. The molecule has 0 spiro atoms. The van der Waals surface area contributed by atoms with Crippen molar-refractivity contribution in [1.29, 1.82) is 0 Å². The van der Waals surface area contributed by atoms with Crippen LogP contribution in [0.2, 0.25) is 0 Å². The average molecular weight is 638 g/mol. The first-order valence-electron chi connectivity index (χ1n) is 15.7. The zero-order valence-corrected chi connectivity index (χ0v) is 26.6. The molecule has 0 heterocycles. The molecule has 4 radical (unpaired) electrons. The molecule has 0 unspecified atom stereocenters. The number of rotatable bonds is 3. The molecule has 7 aromatic rings. The maximum atomic E-state index is 11.8. The molecule has 0 bridgehead atoms. The number of phenolic OH excluding ortho intramolecular Hbond substituents is 6. The summed E-state index contributed by atoms with van der Waals surface area (Å²) in [7, 11) is 12.6. The standard InChI is InChI=1S/C41H28B2O6/c1-41(2)25-11-7-6-10-23(25)24-17-16-22(18-26(24)41)28-30-29(35(44)33(42)34(43)36(30)45)27(31-32(28)38(47)40(49)39(48)37(31)46)21-14-12-20(13-15-21)19-8-4-3-5-9-19/h3-18,44-49H,1-2H3. The first kappa shape index (κ1) is 30.3. The molecule has 0 saturated carbocycles. The molecule has 6 N–H and O–H groups in total. The summed E-state index contributed by atoms with van der Waals surface area (Å²) in [6.07, 6.45) is 0. The van der Waals surface area contributed by atoms with E-state index in [2.05, 4.69) is 26.0 Å². The Morgan fingerprint density at radius 3 is 1.43 bits per heavy atom. The highest BCUT2D eigenvalue weighted by Crippen LogP contribution is 2.59. The van der Waals surface area contributed by atoms with Crippen molar-refractivity contribution in [3.05, 3.63) is 108 Å². The van der Waals surface area contributed by atoms with Gasteiger partial charge in [-0.15, -0.1) is 0 Å². The number of hydrogen-bond acceptors (Lipinski definition) is 6. The van der Waals surface area contributed by atoms with Crippen LogP contribution < -0.4 is 10.9 Å². The van der Waals surface area contributed by atoms with E-state index < -0.39 is 39.9 Å². The van der Waals surface area contributed by atoms with E-state index in [1.165, 1.54) is 0 Å². The SMILES string of the molecule is [B]c1c([B])c(O)c2c(-c3ccc4c(c3)C(C)(C)c3ccccc3-4)c3c(O)c(O)c(O)c(O)c3c(-c3ccc(-c4ccccc4)cc3)c2c1O. The Morgan fingerprint density at radius 1 is 0.408 bits per heavy atom. The van der Waals surface area contributed by atoms with Crippen LogP contribution in [0.15, 0.2) is 97.1 Å². The van der Waals surface area contributed by atoms with E-state index in [-0.39, 0.29) is 43.6 Å². The first-order chi connectivity index (χ1) is 23.4. The van der Waals surface area contributed by atoms with Gasteiger partial charge < -0.3 is 30.6 Å². The lowest BCUT2D eigenvalue weighted by molar-refractivity contribution is 0.351. The highest BCUT2D eigenvalue weighted by Gasteiger charge is 2.36. The summed E-state index contributed by atoms with van der Waals surface area (Å²) >= 11 is 0. The van der Waals surface area contributed by atoms with Crippen LogP contribution in [0, 0.1) is 0 Å². The third-order valence-corrected chi connectivity index (χ3v) is 10.1. The second-order valence-electron chi connectivity index (χ2n) is 13.0. The quantitative estimate of drug-likeness (QED) is 0.0531. The van der Waals surface area contributed by atoms with Gasteiger partial charge in [-0.05, 0) is 50.6 Å². The minimum absolute atomic E-state index is 0.0296. The maximum Gasteiger partial charge on any atom is 0.204 e. The van der Waals surface area contributed by atoms with Crippen molar-refractivity contribution in [2.24, 2.45) is 0 Å². The summed E-state index contributed by atoms with van der Waals surface area (Å²) in [4.78, 5) is 0. The fourth-order valence-electron chi connectivity index (χ4n) is 7.58. The Morgan fingerprint density at radius 2 is 0.837 bits per heavy atom. The van der Waals surface area contributed by atoms with Crippen LogP contribution in [-0.4, -0.2) is 46.3 Å². The number of fused-ring (bicyclic) bond motifs is 5. The molecule has 49 heavy (non-hydrogen) atoms. The van der Waals surface area contributed by atoms with Crippen molar-refractivity contribution in [1.82, 2.24) is 0 Å². The van der Waals surface area contributed by atoms with Crippen molar-refractivity contribution >= 4 is 48.2 Å². The monoisotopic (exact) mass is 638 g/mol. The molecule has 8 heteroatoms. The van der Waals surface area contributed by atoms with E-state index in [0.29, 0.717) is 11.1 Å². The van der Waals surface area contributed by atoms with Crippen LogP contribution in [-0.2, 0) is 5.41 Å². The zero-order chi connectivity index (χ0) is 34.5. The molecular formula is C41H28B2O6. The zero-order valence-electron chi connectivity index (χ0n) is 26.6. The highest BCUT2D eigenvalue weighted by atomic mass is 16.3. The summed E-state index contributed by atoms with van der Waals surface area (Å²) in [5, 5.41) is 68.4. The molecule has 1 aliphatic rings. The lowest BCUT2D eigenvalue weighted by Gasteiger charge is -2.25. The summed E-state index contributed by atoms with van der Waals surface area (Å²) < 4.78 is 0. The van der Waals surface area contributed by atoms with Gasteiger partial charge in [0.25, 0.3) is 0 Å². The van der Waals surface area contributed by atoms with Crippen LogP contribution in [0.4, 0.5) is 0 Å². The molecule has 0 aromatic heterocycles. The molecule has 0 saturated heterocycles. The lowest BCUT2D eigenvalue weighted by atomic mass is 9.73. The number of hydrogen-bond donors (Lipinski definition) is 6. The molecular weight excluding hydrogens is 610 g/mol. The van der Waals surface area contributed by atoms with Crippen LogP contribution in [0.5, 0.6) is 34.5 Å². The molecule has 1 aliphatic carbocycles. The van der Waals surface area contributed by atoms with Gasteiger partial charge in [-0.2, -0.15) is 0 Å². The Labute approximate surface area is 284 Å². The summed E-state index contributed by atoms with van der Waals surface area (Å²) in [5.41, 5.74) is 6.29. The molecule has 234 valence electrons. The lowest BCUT2D eigenvalue weighted by Crippen LogP contribution is -2.26. The van der Waals surface area contributed by atoms with Gasteiger partial charge in [0.15, 0.2) is 11.5 Å². The van der Waals surface area contributed by atoms with Gasteiger partial charge in [0, 0.05) is 38.1 Å². The summed E-state index contributed by atoms with van der Waals surface area (Å²) in [6.45, 7) is 4.21. The minimum atomic E-state index is -0.949. The fraction of sp³-hybridized carbons (Fsp3) is 0.0732. The van der Waals surface area contributed by atoms with Gasteiger partial charge in [0.2, 0.25) is 11.5 Å². The molecule has 8 rings (SSSR count). The number of benzene rings is 7. The third-order valence-electron chi connectivity index (χ3n) is 10.1. The van der Waals surface area contributed by atoms with E-state index >= 15 is 0 Å². The van der Waals surface area contributed by atoms with Crippen molar-refractivity contribution in [3.8, 4) is 79.0 Å². The molecule has 0 atom stereocenters. The van der Waals surface area contributed by atoms with Crippen LogP contribution in [0.3, 0.4) is 0 Å². The molecule has 0 aliphatic heterocycles. The van der Waals surface area contributed by atoms with E-state index in [9.17, 15) is 30.6 Å². The second-order valence-corrected chi connectivity index (χ2v) is 13.0. The van der Waals surface area contributed by atoms with E-state index in [4.69, 9.17) is 15.7 Å². The van der Waals surface area contributed by atoms with Gasteiger partial charge >= 0.3 is 0 Å². The van der Waals surface area contributed by atoms with Gasteiger partial charge in [-0.1, -0.05) is 116 Å². The van der Waals surface area contributed by atoms with E-state index in [1.54, 1.807) is 12.1 Å². The van der Waals surface area contributed by atoms with Crippen LogP contribution in [0.1, 0.15) is 25.0 Å². The Hall–Kier alpha value is -6.01. The van der Waals surface area contributed by atoms with E-state index in [0.717, 1.165) is 33.4 Å². The van der Waals surface area contributed by atoms with Crippen molar-refractivity contribution in [2.45, 2.75) is 19.3 Å². The van der Waals surface area contributed by atoms with E-state index in [1.807, 2.05) is 72.8 Å². The van der Waals surface area contributed by atoms with Crippen LogP contribution in [0.25, 0.3) is 66.1 Å². The van der Waals surface area contributed by atoms with Gasteiger partial charge in [-0.25, -0.2) is 0 Å². The largest absolute Gasteiger partial charge is 0.508 e. The average Bonchev–Trinajstić information content (AvgIpc) is 3.36. The summed E-state index contributed by atoms with van der Waals surface area (Å²) in [5.74, 6) is -4.29. The molecule has 7 aromatic carbocycles. The normalized spacial score (nSPS) is 13.1. The molecule has 0 amide bonds. The molecule has 6 nitrogen and oxygen atoms in total. The Kier molecular flexibility index (Phi) is 6.50. The van der Waals surface area contributed by atoms with Crippen molar-refractivity contribution in [3.63, 3.8) is 0 Å². The van der Waals surface area contributed by atoms with Crippen LogP contribution >= 0.6 is 0 Å². The second kappa shape index (κ2) is 10.5. The Balaban J connectivity index is 1.55. The predicted molar refractivity (Wildman–Crippen MR) is 196 cm³/mol. The summed E-state index contributed by atoms with van der Waals surface area (Å²) in [6, 6.07) is 30.7. The maximum absolute atomic E-state index is 11.8. The Bertz CT molecular complexity index is 2460.